The molecular formula is C21H30N4O3S2. The number of aryl methyl sites for hydroxylation is 1. The van der Waals surface area contributed by atoms with Gasteiger partial charge in [-0.25, -0.2) is 8.42 Å². The fourth-order valence-corrected chi connectivity index (χ4v) is 7.32. The number of hydrogen-bond donors (Lipinski definition) is 0. The minimum atomic E-state index is -3.06. The van der Waals surface area contributed by atoms with Gasteiger partial charge in [-0.3, -0.25) is 9.58 Å². The van der Waals surface area contributed by atoms with E-state index in [1.54, 1.807) is 4.68 Å². The summed E-state index contributed by atoms with van der Waals surface area (Å²) in [6, 6.07) is 2.38. The zero-order chi connectivity index (χ0) is 21.0. The smallest absolute Gasteiger partial charge is 0.154 e. The molecule has 0 amide bonds. The molecule has 1 spiro atoms. The summed E-state index contributed by atoms with van der Waals surface area (Å²) in [5, 5.41) is 8.50. The van der Waals surface area contributed by atoms with E-state index >= 15 is 0 Å². The molecular weight excluding hydrogens is 420 g/mol. The summed E-state index contributed by atoms with van der Waals surface area (Å²) >= 11 is 1.96. The van der Waals surface area contributed by atoms with Gasteiger partial charge in [0, 0.05) is 48.3 Å². The predicted octanol–water partition coefficient (Wildman–Crippen LogP) is 2.54. The maximum Gasteiger partial charge on any atom is 0.154 e. The number of likely N-dealkylation sites (tertiary alicyclic amines) is 1. The van der Waals surface area contributed by atoms with Gasteiger partial charge in [0.2, 0.25) is 0 Å². The Morgan fingerprint density at radius 1 is 1.23 bits per heavy atom. The summed E-state index contributed by atoms with van der Waals surface area (Å²) in [6.45, 7) is 6.15. The van der Waals surface area contributed by atoms with Crippen molar-refractivity contribution in [2.45, 2.75) is 68.9 Å². The summed E-state index contributed by atoms with van der Waals surface area (Å²) in [6.07, 6.45) is 8.84. The van der Waals surface area contributed by atoms with Crippen LogP contribution < -0.4 is 0 Å². The van der Waals surface area contributed by atoms with Gasteiger partial charge in [-0.2, -0.15) is 0 Å². The highest BCUT2D eigenvalue weighted by molar-refractivity contribution is 7.92. The van der Waals surface area contributed by atoms with E-state index in [2.05, 4.69) is 28.2 Å². The number of aromatic nitrogens is 3. The van der Waals surface area contributed by atoms with Crippen molar-refractivity contribution >= 4 is 21.2 Å². The standard InChI is InChI=1S/C21H30N4O3S2/c1-3-17-12-18-19(29-17)4-11-28-21(18)7-9-24(10-8-21)13-16-14-25(23-22-16)15-20(5-6-20)30(2,26)27/h12,14H,3-11,13,15H2,1-2H3. The molecule has 0 N–H and O–H groups in total. The molecule has 7 nitrogen and oxygen atoms in total. The second-order valence-electron chi connectivity index (χ2n) is 9.13. The Hall–Kier alpha value is -1.29. The Kier molecular flexibility index (Phi) is 5.08. The van der Waals surface area contributed by atoms with Gasteiger partial charge >= 0.3 is 0 Å². The van der Waals surface area contributed by atoms with Crippen molar-refractivity contribution < 1.29 is 13.2 Å². The summed E-state index contributed by atoms with van der Waals surface area (Å²) in [5.74, 6) is 0. The quantitative estimate of drug-likeness (QED) is 0.673. The number of nitrogens with zero attached hydrogens (tertiary/aromatic N) is 4. The highest BCUT2D eigenvalue weighted by Gasteiger charge is 2.52. The molecule has 0 bridgehead atoms. The van der Waals surface area contributed by atoms with Gasteiger partial charge in [0.15, 0.2) is 9.84 Å². The first kappa shape index (κ1) is 20.6. The van der Waals surface area contributed by atoms with Gasteiger partial charge in [0.05, 0.1) is 29.2 Å². The fraction of sp³-hybridized carbons (Fsp3) is 0.714. The fourth-order valence-electron chi connectivity index (χ4n) is 4.93. The van der Waals surface area contributed by atoms with Crippen LogP contribution in [0.4, 0.5) is 0 Å². The van der Waals surface area contributed by atoms with Crippen LogP contribution in [0, 0.1) is 0 Å². The zero-order valence-corrected chi connectivity index (χ0v) is 19.4. The van der Waals surface area contributed by atoms with Crippen molar-refractivity contribution in [3.63, 3.8) is 0 Å². The number of piperidine rings is 1. The Labute approximate surface area is 182 Å². The molecule has 30 heavy (non-hydrogen) atoms. The lowest BCUT2D eigenvalue weighted by atomic mass is 9.82. The first-order chi connectivity index (χ1) is 14.3. The lowest BCUT2D eigenvalue weighted by Gasteiger charge is -2.44. The highest BCUT2D eigenvalue weighted by Crippen LogP contribution is 2.45. The van der Waals surface area contributed by atoms with E-state index < -0.39 is 14.6 Å². The van der Waals surface area contributed by atoms with Crippen molar-refractivity contribution in [2.75, 3.05) is 26.0 Å². The maximum absolute atomic E-state index is 12.0. The molecule has 0 atom stereocenters. The van der Waals surface area contributed by atoms with E-state index in [1.807, 2.05) is 17.5 Å². The van der Waals surface area contributed by atoms with Crippen molar-refractivity contribution in [1.29, 1.82) is 0 Å². The molecule has 9 heteroatoms. The van der Waals surface area contributed by atoms with Crippen LogP contribution in [0.5, 0.6) is 0 Å². The van der Waals surface area contributed by atoms with Crippen LogP contribution in [-0.4, -0.2) is 59.0 Å². The average Bonchev–Trinajstić information content (AvgIpc) is 3.18. The molecule has 1 saturated heterocycles. The SMILES string of the molecule is CCc1cc2c(s1)CCOC21CCN(Cc2cn(CC3(S(C)(=O)=O)CC3)nn2)CC1. The molecule has 4 heterocycles. The molecule has 2 aromatic rings. The van der Waals surface area contributed by atoms with E-state index in [9.17, 15) is 8.42 Å². The lowest BCUT2D eigenvalue weighted by Crippen LogP contribution is -2.45. The Bertz CT molecular complexity index is 1030. The molecule has 5 rings (SSSR count). The van der Waals surface area contributed by atoms with E-state index in [0.29, 0.717) is 6.54 Å². The number of thiophene rings is 1. The molecule has 0 unspecified atom stereocenters. The van der Waals surface area contributed by atoms with Crippen LogP contribution in [0.1, 0.15) is 53.6 Å². The van der Waals surface area contributed by atoms with Crippen LogP contribution in [-0.2, 0) is 46.1 Å². The highest BCUT2D eigenvalue weighted by atomic mass is 32.2. The van der Waals surface area contributed by atoms with Crippen LogP contribution >= 0.6 is 11.3 Å². The molecule has 164 valence electrons. The second kappa shape index (κ2) is 7.39. The van der Waals surface area contributed by atoms with Crippen LogP contribution in [0.15, 0.2) is 12.3 Å². The Balaban J connectivity index is 1.22. The number of ether oxygens (including phenoxy) is 1. The monoisotopic (exact) mass is 450 g/mol. The number of fused-ring (bicyclic) bond motifs is 2. The molecule has 2 aliphatic heterocycles. The van der Waals surface area contributed by atoms with Crippen molar-refractivity contribution in [2.24, 2.45) is 0 Å². The van der Waals surface area contributed by atoms with E-state index in [0.717, 1.165) is 70.5 Å². The number of rotatable bonds is 6. The largest absolute Gasteiger partial charge is 0.370 e. The van der Waals surface area contributed by atoms with E-state index in [4.69, 9.17) is 4.74 Å². The molecule has 0 aromatic carbocycles. The molecule has 3 aliphatic rings. The Morgan fingerprint density at radius 3 is 2.67 bits per heavy atom. The van der Waals surface area contributed by atoms with Crippen molar-refractivity contribution in [3.8, 4) is 0 Å². The topological polar surface area (TPSA) is 77.3 Å². The van der Waals surface area contributed by atoms with E-state index in [-0.39, 0.29) is 5.60 Å². The van der Waals surface area contributed by atoms with Gasteiger partial charge in [-0.05, 0) is 43.7 Å². The normalized spacial score (nSPS) is 22.9. The summed E-state index contributed by atoms with van der Waals surface area (Å²) in [4.78, 5) is 5.40. The number of hydrogen-bond acceptors (Lipinski definition) is 7. The summed E-state index contributed by atoms with van der Waals surface area (Å²) < 4.78 is 31.5. The van der Waals surface area contributed by atoms with Gasteiger partial charge in [-0.1, -0.05) is 12.1 Å². The maximum atomic E-state index is 12.0. The third-order valence-electron chi connectivity index (χ3n) is 7.09. The number of sulfone groups is 1. The molecule has 0 radical (unpaired) electrons. The molecule has 1 saturated carbocycles. The summed E-state index contributed by atoms with van der Waals surface area (Å²) in [5.41, 5.74) is 2.24. The third-order valence-corrected chi connectivity index (χ3v) is 10.5. The minimum Gasteiger partial charge on any atom is -0.370 e. The third kappa shape index (κ3) is 3.63. The van der Waals surface area contributed by atoms with E-state index in [1.165, 1.54) is 21.6 Å². The second-order valence-corrected chi connectivity index (χ2v) is 12.8. The first-order valence-corrected chi connectivity index (χ1v) is 13.6. The van der Waals surface area contributed by atoms with Gasteiger partial charge < -0.3 is 4.74 Å². The predicted molar refractivity (Wildman–Crippen MR) is 116 cm³/mol. The van der Waals surface area contributed by atoms with Crippen LogP contribution in [0.2, 0.25) is 0 Å². The molecule has 1 aliphatic carbocycles. The van der Waals surface area contributed by atoms with Crippen molar-refractivity contribution in [3.05, 3.63) is 33.3 Å². The van der Waals surface area contributed by atoms with Crippen LogP contribution in [0.25, 0.3) is 0 Å². The van der Waals surface area contributed by atoms with Gasteiger partial charge in [0.25, 0.3) is 0 Å². The first-order valence-electron chi connectivity index (χ1n) is 10.9. The zero-order valence-electron chi connectivity index (χ0n) is 17.8. The average molecular weight is 451 g/mol. The van der Waals surface area contributed by atoms with Crippen LogP contribution in [0.3, 0.4) is 0 Å². The lowest BCUT2D eigenvalue weighted by molar-refractivity contribution is -0.0982. The molecule has 2 aromatic heterocycles. The summed E-state index contributed by atoms with van der Waals surface area (Å²) in [7, 11) is -3.06. The molecule has 2 fully saturated rings. The Morgan fingerprint density at radius 2 is 2.00 bits per heavy atom. The minimum absolute atomic E-state index is 0.112. The van der Waals surface area contributed by atoms with Crippen molar-refractivity contribution in [1.82, 2.24) is 19.9 Å². The van der Waals surface area contributed by atoms with Gasteiger partial charge in [0.1, 0.15) is 0 Å². The van der Waals surface area contributed by atoms with Gasteiger partial charge in [-0.15, -0.1) is 16.4 Å².